The van der Waals surface area contributed by atoms with Gasteiger partial charge in [-0.25, -0.2) is 4.98 Å². The van der Waals surface area contributed by atoms with Crippen molar-refractivity contribution < 1.29 is 23.5 Å². The molecule has 0 aliphatic carbocycles. The van der Waals surface area contributed by atoms with Crippen molar-refractivity contribution in [3.63, 3.8) is 0 Å². The van der Waals surface area contributed by atoms with E-state index in [1.54, 1.807) is 13.1 Å². The number of hydrogen-bond donors (Lipinski definition) is 0. The monoisotopic (exact) mass is 422 g/mol. The maximum atomic E-state index is 11.2. The van der Waals surface area contributed by atoms with E-state index in [0.717, 1.165) is 28.3 Å². The van der Waals surface area contributed by atoms with Crippen molar-refractivity contribution in [3.05, 3.63) is 71.6 Å². The van der Waals surface area contributed by atoms with Crippen molar-refractivity contribution in [3.8, 4) is 17.2 Å². The van der Waals surface area contributed by atoms with Crippen LogP contribution in [0, 0.1) is 6.92 Å². The first-order valence-electron chi connectivity index (χ1n) is 10.2. The Morgan fingerprint density at radius 3 is 2.61 bits per heavy atom. The fourth-order valence-corrected chi connectivity index (χ4v) is 2.73. The van der Waals surface area contributed by atoms with Gasteiger partial charge in [0, 0.05) is 11.8 Å². The Hall–Kier alpha value is -3.61. The predicted octanol–water partition coefficient (Wildman–Crippen LogP) is 5.07. The van der Waals surface area contributed by atoms with Crippen LogP contribution in [0.3, 0.4) is 0 Å². The molecule has 0 saturated carbocycles. The van der Waals surface area contributed by atoms with E-state index in [9.17, 15) is 4.79 Å². The number of aryl methyl sites for hydroxylation is 1. The second-order valence-electron chi connectivity index (χ2n) is 6.73. The van der Waals surface area contributed by atoms with Crippen molar-refractivity contribution in [2.24, 2.45) is 5.16 Å². The molecule has 0 aliphatic rings. The molecule has 3 aromatic rings. The molecule has 1 aromatic heterocycles. The number of benzene rings is 2. The van der Waals surface area contributed by atoms with E-state index >= 15 is 0 Å². The minimum atomic E-state index is -0.235. The zero-order valence-corrected chi connectivity index (χ0v) is 17.7. The molecule has 0 saturated heterocycles. The molecule has 0 atom stereocenters. The molecule has 1 heterocycles. The molecular weight excluding hydrogens is 396 g/mol. The van der Waals surface area contributed by atoms with Gasteiger partial charge in [0.2, 0.25) is 5.89 Å². The van der Waals surface area contributed by atoms with Crippen molar-refractivity contribution in [2.45, 2.75) is 39.9 Å². The first-order chi connectivity index (χ1) is 15.2. The summed E-state index contributed by atoms with van der Waals surface area (Å²) in [6.07, 6.45) is 2.35. The molecular formula is C24H26N2O5. The van der Waals surface area contributed by atoms with E-state index in [2.05, 4.69) is 10.1 Å². The third-order valence-electron chi connectivity index (χ3n) is 4.38. The number of aromatic nitrogens is 1. The van der Waals surface area contributed by atoms with E-state index in [4.69, 9.17) is 18.7 Å². The second kappa shape index (κ2) is 11.5. The fourth-order valence-electron chi connectivity index (χ4n) is 2.73. The first-order valence-corrected chi connectivity index (χ1v) is 10.2. The SMILES string of the molecule is CCOC(=O)CCC=NOCc1ccc(OCc2nc(-c3ccccc3)oc2C)cc1. The summed E-state index contributed by atoms with van der Waals surface area (Å²) in [5.41, 5.74) is 2.66. The van der Waals surface area contributed by atoms with Crippen LogP contribution in [0.1, 0.15) is 36.8 Å². The Bertz CT molecular complexity index is 981. The summed E-state index contributed by atoms with van der Waals surface area (Å²) in [5.74, 6) is 1.82. The van der Waals surface area contributed by atoms with Gasteiger partial charge in [-0.3, -0.25) is 4.79 Å². The lowest BCUT2D eigenvalue weighted by Crippen LogP contribution is -2.03. The van der Waals surface area contributed by atoms with Gasteiger partial charge in [-0.1, -0.05) is 35.5 Å². The highest BCUT2D eigenvalue weighted by Crippen LogP contribution is 2.22. The highest BCUT2D eigenvalue weighted by atomic mass is 16.6. The molecule has 7 nitrogen and oxygen atoms in total. The van der Waals surface area contributed by atoms with E-state index in [-0.39, 0.29) is 5.97 Å². The minimum Gasteiger partial charge on any atom is -0.487 e. The topological polar surface area (TPSA) is 83.2 Å². The summed E-state index contributed by atoms with van der Waals surface area (Å²) in [7, 11) is 0. The third kappa shape index (κ3) is 6.99. The van der Waals surface area contributed by atoms with Gasteiger partial charge >= 0.3 is 5.97 Å². The van der Waals surface area contributed by atoms with Crippen LogP contribution in [-0.4, -0.2) is 23.8 Å². The quantitative estimate of drug-likeness (QED) is 0.244. The lowest BCUT2D eigenvalue weighted by molar-refractivity contribution is -0.142. The Labute approximate surface area is 181 Å². The highest BCUT2D eigenvalue weighted by molar-refractivity contribution is 5.73. The van der Waals surface area contributed by atoms with Gasteiger partial charge in [0.1, 0.15) is 30.4 Å². The maximum absolute atomic E-state index is 11.2. The van der Waals surface area contributed by atoms with Crippen molar-refractivity contribution >= 4 is 12.2 Å². The molecule has 0 amide bonds. The number of rotatable bonds is 11. The van der Waals surface area contributed by atoms with E-state index in [0.29, 0.717) is 38.6 Å². The molecule has 0 N–H and O–H groups in total. The van der Waals surface area contributed by atoms with Crippen molar-refractivity contribution in [1.82, 2.24) is 4.98 Å². The molecule has 0 unspecified atom stereocenters. The number of hydrogen-bond acceptors (Lipinski definition) is 7. The zero-order valence-electron chi connectivity index (χ0n) is 17.7. The standard InChI is InChI=1S/C24H26N2O5/c1-3-28-23(27)10-7-15-25-30-16-19-11-13-21(14-12-19)29-17-22-18(2)31-24(26-22)20-8-5-4-6-9-20/h4-6,8-9,11-15H,3,7,10,16-17H2,1-2H3. The first kappa shape index (κ1) is 22.1. The normalized spacial score (nSPS) is 10.9. The Morgan fingerprint density at radius 1 is 1.10 bits per heavy atom. The van der Waals surface area contributed by atoms with Crippen LogP contribution in [-0.2, 0) is 27.6 Å². The summed E-state index contributed by atoms with van der Waals surface area (Å²) in [6, 6.07) is 17.3. The van der Waals surface area contributed by atoms with Gasteiger partial charge in [-0.2, -0.15) is 0 Å². The smallest absolute Gasteiger partial charge is 0.306 e. The number of ether oxygens (including phenoxy) is 2. The Kier molecular flexibility index (Phi) is 8.22. The number of carbonyl (C=O) groups is 1. The lowest BCUT2D eigenvalue weighted by atomic mass is 10.2. The summed E-state index contributed by atoms with van der Waals surface area (Å²) in [6.45, 7) is 4.70. The zero-order chi connectivity index (χ0) is 21.9. The summed E-state index contributed by atoms with van der Waals surface area (Å²) in [4.78, 5) is 21.0. The molecule has 0 bridgehead atoms. The van der Waals surface area contributed by atoms with E-state index < -0.39 is 0 Å². The van der Waals surface area contributed by atoms with Gasteiger partial charge in [0.05, 0.1) is 13.0 Å². The van der Waals surface area contributed by atoms with Crippen LogP contribution in [0.4, 0.5) is 0 Å². The highest BCUT2D eigenvalue weighted by Gasteiger charge is 2.11. The van der Waals surface area contributed by atoms with Gasteiger partial charge in [-0.05, 0) is 50.1 Å². The second-order valence-corrected chi connectivity index (χ2v) is 6.73. The van der Waals surface area contributed by atoms with E-state index in [1.165, 1.54) is 0 Å². The molecule has 2 aromatic carbocycles. The Morgan fingerprint density at radius 2 is 1.87 bits per heavy atom. The molecule has 3 rings (SSSR count). The fraction of sp³-hybridized carbons (Fsp3) is 0.292. The average molecular weight is 422 g/mol. The molecule has 0 radical (unpaired) electrons. The van der Waals surface area contributed by atoms with Gasteiger partial charge in [-0.15, -0.1) is 0 Å². The van der Waals surface area contributed by atoms with E-state index in [1.807, 2.05) is 61.5 Å². The van der Waals surface area contributed by atoms with Crippen LogP contribution >= 0.6 is 0 Å². The average Bonchev–Trinajstić information content (AvgIpc) is 3.17. The van der Waals surface area contributed by atoms with Crippen LogP contribution in [0.15, 0.2) is 64.2 Å². The van der Waals surface area contributed by atoms with Crippen LogP contribution in [0.2, 0.25) is 0 Å². The molecule has 0 aliphatic heterocycles. The van der Waals surface area contributed by atoms with Gasteiger partial charge in [0.25, 0.3) is 0 Å². The summed E-state index contributed by atoms with van der Waals surface area (Å²) < 4.78 is 16.4. The van der Waals surface area contributed by atoms with Crippen LogP contribution in [0.5, 0.6) is 5.75 Å². The lowest BCUT2D eigenvalue weighted by Gasteiger charge is -2.06. The third-order valence-corrected chi connectivity index (χ3v) is 4.38. The minimum absolute atomic E-state index is 0.235. The molecule has 0 spiro atoms. The summed E-state index contributed by atoms with van der Waals surface area (Å²) >= 11 is 0. The number of esters is 1. The van der Waals surface area contributed by atoms with Crippen LogP contribution in [0.25, 0.3) is 11.5 Å². The largest absolute Gasteiger partial charge is 0.487 e. The summed E-state index contributed by atoms with van der Waals surface area (Å²) in [5, 5.41) is 3.85. The number of oxazole rings is 1. The molecule has 7 heteroatoms. The van der Waals surface area contributed by atoms with Crippen molar-refractivity contribution in [1.29, 1.82) is 0 Å². The van der Waals surface area contributed by atoms with Gasteiger partial charge in [0.15, 0.2) is 0 Å². The molecule has 0 fully saturated rings. The number of oxime groups is 1. The van der Waals surface area contributed by atoms with Crippen LogP contribution < -0.4 is 4.74 Å². The maximum Gasteiger partial charge on any atom is 0.306 e. The Balaban J connectivity index is 1.43. The predicted molar refractivity (Wildman–Crippen MR) is 117 cm³/mol. The number of carbonyl (C=O) groups excluding carboxylic acids is 1. The number of nitrogens with zero attached hydrogens (tertiary/aromatic N) is 2. The molecule has 31 heavy (non-hydrogen) atoms. The molecule has 162 valence electrons. The van der Waals surface area contributed by atoms with Gasteiger partial charge < -0.3 is 18.7 Å². The van der Waals surface area contributed by atoms with Crippen molar-refractivity contribution in [2.75, 3.05) is 6.61 Å².